The van der Waals surface area contributed by atoms with Gasteiger partial charge in [0.1, 0.15) is 11.9 Å². The molecule has 1 aromatic heterocycles. The van der Waals surface area contributed by atoms with E-state index in [1.54, 1.807) is 23.1 Å². The number of rotatable bonds is 5. The van der Waals surface area contributed by atoms with Gasteiger partial charge >= 0.3 is 0 Å². The minimum Gasteiger partial charge on any atom is -0.394 e. The van der Waals surface area contributed by atoms with E-state index in [-0.39, 0.29) is 23.1 Å². The predicted molar refractivity (Wildman–Crippen MR) is 115 cm³/mol. The van der Waals surface area contributed by atoms with E-state index in [1.165, 1.54) is 18.2 Å². The zero-order valence-corrected chi connectivity index (χ0v) is 17.2. The molecule has 0 unspecified atom stereocenters. The summed E-state index contributed by atoms with van der Waals surface area (Å²) in [5, 5.41) is 13.2. The summed E-state index contributed by atoms with van der Waals surface area (Å²) >= 11 is 12.3. The molecule has 2 heterocycles. The summed E-state index contributed by atoms with van der Waals surface area (Å²) in [7, 11) is 0. The van der Waals surface area contributed by atoms with Gasteiger partial charge in [0.15, 0.2) is 0 Å². The molecule has 0 aliphatic carbocycles. The van der Waals surface area contributed by atoms with Gasteiger partial charge in [0.2, 0.25) is 0 Å². The molecule has 30 heavy (non-hydrogen) atoms. The zero-order valence-electron chi connectivity index (χ0n) is 15.7. The average Bonchev–Trinajstić information content (AvgIpc) is 3.40. The fraction of sp³-hybridized carbons (Fsp3) is 0.190. The Bertz CT molecular complexity index is 1150. The molecule has 1 aliphatic heterocycles. The number of hydrogen-bond donors (Lipinski definition) is 3. The first-order valence-electron chi connectivity index (χ1n) is 9.27. The van der Waals surface area contributed by atoms with Crippen molar-refractivity contribution in [3.8, 4) is 0 Å². The van der Waals surface area contributed by atoms with Crippen LogP contribution >= 0.6 is 23.2 Å². The number of halogens is 2. The summed E-state index contributed by atoms with van der Waals surface area (Å²) in [5.74, 6) is -0.232. The minimum absolute atomic E-state index is 0.189. The smallest absolute Gasteiger partial charge is 0.255 e. The number of aliphatic hydroxyl groups is 1. The van der Waals surface area contributed by atoms with Crippen LogP contribution in [0.1, 0.15) is 32.6 Å². The lowest BCUT2D eigenvalue weighted by Crippen LogP contribution is -2.32. The number of amides is 2. The molecule has 0 fully saturated rings. The number of H-pyrrole nitrogens is 1. The lowest BCUT2D eigenvalue weighted by molar-refractivity contribution is 0.0799. The van der Waals surface area contributed by atoms with Crippen molar-refractivity contribution in [1.82, 2.24) is 20.2 Å². The Kier molecular flexibility index (Phi) is 5.76. The molecule has 2 amide bonds. The largest absolute Gasteiger partial charge is 0.394 e. The summed E-state index contributed by atoms with van der Waals surface area (Å²) in [4.78, 5) is 34.3. The van der Waals surface area contributed by atoms with Gasteiger partial charge in [-0.1, -0.05) is 35.4 Å². The second-order valence-corrected chi connectivity index (χ2v) is 7.71. The molecule has 4 rings (SSSR count). The van der Waals surface area contributed by atoms with Crippen LogP contribution in [0.2, 0.25) is 10.0 Å². The molecule has 1 aliphatic rings. The third-order valence-electron chi connectivity index (χ3n) is 4.85. The number of aromatic nitrogens is 2. The highest BCUT2D eigenvalue weighted by Gasteiger charge is 2.22. The lowest BCUT2D eigenvalue weighted by atomic mass is 10.1. The number of fused-ring (bicyclic) bond motifs is 1. The number of nitrogens with zero attached hydrogens (tertiary/aromatic N) is 2. The van der Waals surface area contributed by atoms with E-state index in [0.717, 1.165) is 5.52 Å². The number of imidazole rings is 1. The third kappa shape index (κ3) is 4.05. The van der Waals surface area contributed by atoms with Gasteiger partial charge in [0.05, 0.1) is 28.2 Å². The fourth-order valence-electron chi connectivity index (χ4n) is 3.25. The number of benzene rings is 2. The summed E-state index contributed by atoms with van der Waals surface area (Å²) in [6, 6.07) is 8.95. The first-order chi connectivity index (χ1) is 14.5. The molecule has 1 atom stereocenters. The molecular weight excluding hydrogens is 427 g/mol. The molecule has 3 N–H and O–H groups in total. The van der Waals surface area contributed by atoms with Crippen molar-refractivity contribution in [2.24, 2.45) is 0 Å². The van der Waals surface area contributed by atoms with Gasteiger partial charge in [-0.15, -0.1) is 0 Å². The molecule has 0 saturated carbocycles. The monoisotopic (exact) mass is 444 g/mol. The van der Waals surface area contributed by atoms with Crippen LogP contribution < -0.4 is 5.32 Å². The van der Waals surface area contributed by atoms with Crippen LogP contribution in [0.5, 0.6) is 0 Å². The highest BCUT2D eigenvalue weighted by Crippen LogP contribution is 2.23. The number of carbonyl (C=O) groups is 2. The van der Waals surface area contributed by atoms with Crippen molar-refractivity contribution in [1.29, 1.82) is 0 Å². The van der Waals surface area contributed by atoms with E-state index in [2.05, 4.69) is 15.3 Å². The molecular formula is C21H18Cl2N4O3. The molecule has 0 radical (unpaired) electrons. The van der Waals surface area contributed by atoms with Gasteiger partial charge < -0.3 is 20.3 Å². The minimum atomic E-state index is -0.751. The van der Waals surface area contributed by atoms with Crippen LogP contribution in [0.4, 0.5) is 0 Å². The number of aromatic amines is 1. The Morgan fingerprint density at radius 1 is 1.17 bits per heavy atom. The van der Waals surface area contributed by atoms with Crippen molar-refractivity contribution in [2.45, 2.75) is 6.04 Å². The highest BCUT2D eigenvalue weighted by molar-refractivity contribution is 6.34. The Morgan fingerprint density at radius 2 is 1.93 bits per heavy atom. The Balaban J connectivity index is 1.51. The zero-order chi connectivity index (χ0) is 21.3. The van der Waals surface area contributed by atoms with Gasteiger partial charge in [-0.25, -0.2) is 4.98 Å². The Labute approximate surface area is 182 Å². The Hall–Kier alpha value is -2.87. The maximum absolute atomic E-state index is 12.7. The van der Waals surface area contributed by atoms with E-state index in [4.69, 9.17) is 23.2 Å². The summed E-state index contributed by atoms with van der Waals surface area (Å²) in [5.41, 5.74) is 1.98. The van der Waals surface area contributed by atoms with Gasteiger partial charge in [0, 0.05) is 23.7 Å². The van der Waals surface area contributed by atoms with E-state index in [0.29, 0.717) is 35.0 Å². The number of nitrogens with one attached hydrogen (secondary N) is 2. The quantitative estimate of drug-likeness (QED) is 0.525. The van der Waals surface area contributed by atoms with Crippen LogP contribution in [0, 0.1) is 0 Å². The van der Waals surface area contributed by atoms with E-state index < -0.39 is 11.9 Å². The van der Waals surface area contributed by atoms with Crippen molar-refractivity contribution in [3.63, 3.8) is 0 Å². The third-order valence-corrected chi connectivity index (χ3v) is 5.40. The molecule has 2 aromatic carbocycles. The lowest BCUT2D eigenvalue weighted by Gasteiger charge is -2.17. The Morgan fingerprint density at radius 3 is 2.63 bits per heavy atom. The molecule has 0 bridgehead atoms. The molecule has 7 nitrogen and oxygen atoms in total. The van der Waals surface area contributed by atoms with E-state index in [1.807, 2.05) is 12.2 Å². The van der Waals surface area contributed by atoms with E-state index in [9.17, 15) is 14.7 Å². The predicted octanol–water partition coefficient (Wildman–Crippen LogP) is 3.35. The number of aliphatic hydroxyl groups excluding tert-OH is 1. The summed E-state index contributed by atoms with van der Waals surface area (Å²) < 4.78 is 0. The topological polar surface area (TPSA) is 98.3 Å². The molecule has 154 valence electrons. The summed E-state index contributed by atoms with van der Waals surface area (Å²) in [6.45, 7) is 0.724. The summed E-state index contributed by atoms with van der Waals surface area (Å²) in [6.07, 6.45) is 3.82. The number of hydrogen-bond acceptors (Lipinski definition) is 4. The van der Waals surface area contributed by atoms with Crippen molar-refractivity contribution in [3.05, 3.63) is 75.5 Å². The fourth-order valence-corrected chi connectivity index (χ4v) is 3.68. The van der Waals surface area contributed by atoms with Crippen LogP contribution in [0.15, 0.2) is 48.6 Å². The first kappa shape index (κ1) is 20.4. The van der Waals surface area contributed by atoms with Crippen LogP contribution in [0.25, 0.3) is 11.0 Å². The van der Waals surface area contributed by atoms with Crippen molar-refractivity contribution >= 4 is 46.0 Å². The second-order valence-electron chi connectivity index (χ2n) is 6.87. The van der Waals surface area contributed by atoms with Crippen LogP contribution in [0.3, 0.4) is 0 Å². The normalized spacial score (nSPS) is 14.3. The highest BCUT2D eigenvalue weighted by atomic mass is 35.5. The molecule has 0 spiro atoms. The second kappa shape index (κ2) is 8.47. The van der Waals surface area contributed by atoms with Crippen molar-refractivity contribution in [2.75, 3.05) is 19.7 Å². The van der Waals surface area contributed by atoms with Gasteiger partial charge in [0.25, 0.3) is 11.8 Å². The molecule has 9 heteroatoms. The van der Waals surface area contributed by atoms with Gasteiger partial charge in [-0.3, -0.25) is 9.59 Å². The van der Waals surface area contributed by atoms with Crippen LogP contribution in [-0.4, -0.2) is 51.5 Å². The first-order valence-corrected chi connectivity index (χ1v) is 10.0. The molecule has 3 aromatic rings. The number of carbonyl (C=O) groups excluding carboxylic acids is 2. The maximum atomic E-state index is 12.7. The van der Waals surface area contributed by atoms with E-state index >= 15 is 0 Å². The average molecular weight is 445 g/mol. The SMILES string of the molecule is O=C(N[C@@H](CO)c1nc2cc(Cl)ccc2[nH]1)c1ccc(C(=O)N2CC=CC2)c(Cl)c1. The van der Waals surface area contributed by atoms with Crippen LogP contribution in [-0.2, 0) is 0 Å². The maximum Gasteiger partial charge on any atom is 0.255 e. The van der Waals surface area contributed by atoms with Gasteiger partial charge in [-0.2, -0.15) is 0 Å². The van der Waals surface area contributed by atoms with Gasteiger partial charge in [-0.05, 0) is 36.4 Å². The standard InChI is InChI=1S/C21H18Cl2N4O3/c22-13-4-6-16-17(10-13)25-19(24-16)18(11-28)26-20(29)12-3-5-14(15(23)9-12)21(30)27-7-1-2-8-27/h1-6,9-10,18,28H,7-8,11H2,(H,24,25)(H,26,29)/t18-/m0/s1. The van der Waals surface area contributed by atoms with Crippen molar-refractivity contribution < 1.29 is 14.7 Å². The molecule has 0 saturated heterocycles.